The molecule has 0 amide bonds. The molecule has 0 spiro atoms. The van der Waals surface area contributed by atoms with E-state index < -0.39 is 51.7 Å². The number of hydrogen-bond acceptors (Lipinski definition) is 0. The minimum Gasteiger partial charge on any atom is -0.206 e. The lowest BCUT2D eigenvalue weighted by molar-refractivity contribution is 0.185. The summed E-state index contributed by atoms with van der Waals surface area (Å²) in [6, 6.07) is 12.7. The molecule has 0 saturated heterocycles. The van der Waals surface area contributed by atoms with Crippen molar-refractivity contribution in [2.24, 2.45) is 11.8 Å². The van der Waals surface area contributed by atoms with Gasteiger partial charge in [-0.2, -0.15) is 0 Å². The van der Waals surface area contributed by atoms with Gasteiger partial charge in [-0.1, -0.05) is 82.0 Å². The quantitative estimate of drug-likeness (QED) is 0.248. The summed E-state index contributed by atoms with van der Waals surface area (Å²) in [6.07, 6.45) is 4.93. The Morgan fingerprint density at radius 2 is 1.41 bits per heavy atom. The molecule has 1 aliphatic rings. The van der Waals surface area contributed by atoms with Crippen LogP contribution in [0.2, 0.25) is 0 Å². The lowest BCUT2D eigenvalue weighted by atomic mass is 9.68. The van der Waals surface area contributed by atoms with E-state index in [9.17, 15) is 4.39 Å². The predicted octanol–water partition coefficient (Wildman–Crippen LogP) is 9.43. The van der Waals surface area contributed by atoms with E-state index >= 15 is 17.6 Å². The van der Waals surface area contributed by atoms with Gasteiger partial charge in [0.2, 0.25) is 0 Å². The summed E-state index contributed by atoms with van der Waals surface area (Å²) in [4.78, 5) is 0. The molecule has 0 aliphatic heterocycles. The van der Waals surface area contributed by atoms with Crippen LogP contribution >= 0.6 is 0 Å². The van der Waals surface area contributed by atoms with Crippen molar-refractivity contribution >= 4 is 0 Å². The molecular weight excluding hydrogens is 443 g/mol. The van der Waals surface area contributed by atoms with Gasteiger partial charge < -0.3 is 0 Å². The van der Waals surface area contributed by atoms with Gasteiger partial charge in [-0.05, 0) is 47.8 Å². The van der Waals surface area contributed by atoms with E-state index in [0.717, 1.165) is 38.2 Å². The van der Waals surface area contributed by atoms with Crippen molar-refractivity contribution in [3.63, 3.8) is 0 Å². The summed E-state index contributed by atoms with van der Waals surface area (Å²) in [5.74, 6) is -7.26. The molecule has 3 aromatic carbocycles. The average Bonchev–Trinajstić information content (AvgIpc) is 2.87. The first-order valence-corrected chi connectivity index (χ1v) is 12.1. The monoisotopic (exact) mass is 472 g/mol. The average molecular weight is 473 g/mol. The molecule has 5 heteroatoms. The highest BCUT2D eigenvalue weighted by atomic mass is 19.2. The Morgan fingerprint density at radius 3 is 2.00 bits per heavy atom. The van der Waals surface area contributed by atoms with Crippen molar-refractivity contribution in [3.05, 3.63) is 83.2 Å². The molecule has 0 nitrogen and oxygen atoms in total. The molecule has 0 N–H and O–H groups in total. The van der Waals surface area contributed by atoms with Crippen molar-refractivity contribution in [2.75, 3.05) is 0 Å². The van der Waals surface area contributed by atoms with Gasteiger partial charge in [0.25, 0.3) is 0 Å². The zero-order chi connectivity index (χ0) is 24.4. The smallest absolute Gasteiger partial charge is 0.170 e. The van der Waals surface area contributed by atoms with Crippen LogP contribution in [0, 0.1) is 40.9 Å². The van der Waals surface area contributed by atoms with Gasteiger partial charge in [0.05, 0.1) is 5.56 Å². The van der Waals surface area contributed by atoms with Crippen molar-refractivity contribution in [1.82, 2.24) is 0 Å². The molecule has 4 rings (SSSR count). The lowest BCUT2D eigenvalue weighted by Gasteiger charge is -2.37. The van der Waals surface area contributed by atoms with Gasteiger partial charge in [0, 0.05) is 11.1 Å². The van der Waals surface area contributed by atoms with Gasteiger partial charge in [0.15, 0.2) is 23.3 Å². The molecule has 34 heavy (non-hydrogen) atoms. The van der Waals surface area contributed by atoms with Crippen LogP contribution in [-0.2, 0) is 0 Å². The van der Waals surface area contributed by atoms with Crippen LogP contribution in [0.5, 0.6) is 0 Å². The third-order valence-electron chi connectivity index (χ3n) is 7.46. The molecule has 0 bridgehead atoms. The van der Waals surface area contributed by atoms with Gasteiger partial charge in [-0.15, -0.1) is 0 Å². The van der Waals surface area contributed by atoms with E-state index in [1.54, 1.807) is 31.2 Å². The standard InChI is InChI=1S/C29H29F5/c1-3-17-10-8-9-13-21(17)20(4-2)24-26(31)28(33)25(29(34)27(24)32)22-15-14-19(16-23(22)30)18-11-6-5-7-12-18/h5-7,11-12,14-17,20-21H,3-4,8-10,13H2,1-2H3. The molecule has 1 fully saturated rings. The third kappa shape index (κ3) is 4.37. The Bertz CT molecular complexity index is 1130. The van der Waals surface area contributed by atoms with Gasteiger partial charge in [-0.3, -0.25) is 0 Å². The summed E-state index contributed by atoms with van der Waals surface area (Å²) in [5.41, 5.74) is -0.829. The highest BCUT2D eigenvalue weighted by Gasteiger charge is 2.37. The topological polar surface area (TPSA) is 0 Å². The van der Waals surface area contributed by atoms with Crippen LogP contribution in [0.25, 0.3) is 22.3 Å². The second kappa shape index (κ2) is 10.3. The Labute approximate surface area is 197 Å². The summed E-state index contributed by atoms with van der Waals surface area (Å²) < 4.78 is 76.3. The maximum atomic E-state index is 15.4. The van der Waals surface area contributed by atoms with Crippen molar-refractivity contribution in [3.8, 4) is 22.3 Å². The second-order valence-corrected chi connectivity index (χ2v) is 9.24. The normalized spacial score (nSPS) is 19.3. The Morgan fingerprint density at radius 1 is 0.765 bits per heavy atom. The molecule has 0 heterocycles. The van der Waals surface area contributed by atoms with E-state index in [4.69, 9.17) is 0 Å². The van der Waals surface area contributed by atoms with Crippen LogP contribution in [0.15, 0.2) is 48.5 Å². The predicted molar refractivity (Wildman–Crippen MR) is 126 cm³/mol. The maximum Gasteiger partial charge on any atom is 0.170 e. The molecule has 0 radical (unpaired) electrons. The Hall–Kier alpha value is -2.69. The molecule has 3 aromatic rings. The maximum absolute atomic E-state index is 15.4. The number of halogens is 5. The molecule has 3 atom stereocenters. The first-order valence-electron chi connectivity index (χ1n) is 12.1. The Balaban J connectivity index is 1.80. The molecule has 0 aromatic heterocycles. The van der Waals surface area contributed by atoms with Gasteiger partial charge in [-0.25, -0.2) is 22.0 Å². The fourth-order valence-corrected chi connectivity index (χ4v) is 5.73. The fourth-order valence-electron chi connectivity index (χ4n) is 5.73. The highest BCUT2D eigenvalue weighted by Crippen LogP contribution is 2.46. The van der Waals surface area contributed by atoms with E-state index in [1.165, 1.54) is 12.1 Å². The van der Waals surface area contributed by atoms with Crippen molar-refractivity contribution in [1.29, 1.82) is 0 Å². The molecule has 180 valence electrons. The van der Waals surface area contributed by atoms with Crippen LogP contribution in [0.4, 0.5) is 22.0 Å². The minimum atomic E-state index is -1.54. The number of hydrogen-bond donors (Lipinski definition) is 0. The van der Waals surface area contributed by atoms with Gasteiger partial charge in [0.1, 0.15) is 5.82 Å². The van der Waals surface area contributed by atoms with E-state index in [2.05, 4.69) is 0 Å². The van der Waals surface area contributed by atoms with Crippen LogP contribution in [0.3, 0.4) is 0 Å². The van der Waals surface area contributed by atoms with Crippen LogP contribution in [0.1, 0.15) is 63.9 Å². The Kier molecular flexibility index (Phi) is 7.39. The zero-order valence-corrected chi connectivity index (χ0v) is 19.5. The van der Waals surface area contributed by atoms with Crippen LogP contribution in [-0.4, -0.2) is 0 Å². The summed E-state index contributed by atoms with van der Waals surface area (Å²) in [5, 5.41) is 0. The summed E-state index contributed by atoms with van der Waals surface area (Å²) in [7, 11) is 0. The van der Waals surface area contributed by atoms with E-state index in [-0.39, 0.29) is 11.8 Å². The fraction of sp³-hybridized carbons (Fsp3) is 0.379. The first-order chi connectivity index (χ1) is 16.4. The highest BCUT2D eigenvalue weighted by molar-refractivity contribution is 5.72. The SMILES string of the molecule is CCC1CCCCC1C(CC)c1c(F)c(F)c(-c2ccc(-c3ccccc3)cc2F)c(F)c1F. The zero-order valence-electron chi connectivity index (χ0n) is 19.5. The van der Waals surface area contributed by atoms with Gasteiger partial charge >= 0.3 is 0 Å². The van der Waals surface area contributed by atoms with Crippen LogP contribution < -0.4 is 0 Å². The molecule has 1 saturated carbocycles. The molecule has 1 aliphatic carbocycles. The van der Waals surface area contributed by atoms with Crippen molar-refractivity contribution < 1.29 is 22.0 Å². The lowest BCUT2D eigenvalue weighted by Crippen LogP contribution is -2.27. The van der Waals surface area contributed by atoms with Crippen molar-refractivity contribution in [2.45, 2.75) is 58.3 Å². The molecular formula is C29H29F5. The minimum absolute atomic E-state index is 0.0423. The summed E-state index contributed by atoms with van der Waals surface area (Å²) in [6.45, 7) is 3.82. The second-order valence-electron chi connectivity index (χ2n) is 9.24. The summed E-state index contributed by atoms with van der Waals surface area (Å²) >= 11 is 0. The molecule has 3 unspecified atom stereocenters. The van der Waals surface area contributed by atoms with E-state index in [0.29, 0.717) is 17.5 Å². The van der Waals surface area contributed by atoms with E-state index in [1.807, 2.05) is 13.0 Å². The third-order valence-corrected chi connectivity index (χ3v) is 7.46. The number of rotatable bonds is 6. The largest absolute Gasteiger partial charge is 0.206 e. The number of benzene rings is 3. The first kappa shape index (κ1) is 24.4.